The zero-order valence-corrected chi connectivity index (χ0v) is 12.1. The number of rotatable bonds is 5. The molecule has 0 saturated heterocycles. The van der Waals surface area contributed by atoms with Gasteiger partial charge in [0.2, 0.25) is 0 Å². The zero-order chi connectivity index (χ0) is 14.0. The van der Waals surface area contributed by atoms with Crippen LogP contribution in [0.2, 0.25) is 0 Å². The Morgan fingerprint density at radius 3 is 2.74 bits per heavy atom. The van der Waals surface area contributed by atoms with Gasteiger partial charge in [-0.05, 0) is 37.6 Å². The van der Waals surface area contributed by atoms with Crippen LogP contribution in [-0.2, 0) is 6.54 Å². The number of likely N-dealkylation sites (N-methyl/N-ethyl adjacent to an activating group) is 1. The lowest BCUT2D eigenvalue weighted by atomic mass is 10.0. The van der Waals surface area contributed by atoms with Crippen molar-refractivity contribution in [1.82, 2.24) is 14.9 Å². The van der Waals surface area contributed by atoms with Crippen molar-refractivity contribution in [2.45, 2.75) is 33.4 Å². The van der Waals surface area contributed by atoms with Gasteiger partial charge in [-0.2, -0.15) is 0 Å². The minimum Gasteiger partial charge on any atom is -0.395 e. The SMILES string of the molecule is Cc1nc2ccc(CN(C)C(CO)C(C)C)cc2[nH]1. The third-order valence-corrected chi connectivity index (χ3v) is 3.62. The second-order valence-electron chi connectivity index (χ2n) is 5.58. The lowest BCUT2D eigenvalue weighted by Crippen LogP contribution is -2.38. The van der Waals surface area contributed by atoms with Gasteiger partial charge in [-0.1, -0.05) is 19.9 Å². The number of nitrogens with one attached hydrogen (secondary N) is 1. The smallest absolute Gasteiger partial charge is 0.104 e. The van der Waals surface area contributed by atoms with E-state index in [4.69, 9.17) is 0 Å². The molecule has 2 aromatic rings. The Morgan fingerprint density at radius 2 is 2.11 bits per heavy atom. The van der Waals surface area contributed by atoms with E-state index in [0.29, 0.717) is 5.92 Å². The zero-order valence-electron chi connectivity index (χ0n) is 12.1. The van der Waals surface area contributed by atoms with Gasteiger partial charge in [0, 0.05) is 12.6 Å². The molecule has 0 saturated carbocycles. The quantitative estimate of drug-likeness (QED) is 0.868. The van der Waals surface area contributed by atoms with Crippen molar-refractivity contribution in [1.29, 1.82) is 0 Å². The molecule has 2 N–H and O–H groups in total. The molecule has 0 amide bonds. The first-order valence-electron chi connectivity index (χ1n) is 6.77. The Labute approximate surface area is 114 Å². The van der Waals surface area contributed by atoms with Crippen LogP contribution in [0.5, 0.6) is 0 Å². The normalized spacial score (nSPS) is 13.6. The van der Waals surface area contributed by atoms with E-state index in [-0.39, 0.29) is 12.6 Å². The van der Waals surface area contributed by atoms with Crippen molar-refractivity contribution >= 4 is 11.0 Å². The van der Waals surface area contributed by atoms with Gasteiger partial charge in [0.1, 0.15) is 5.82 Å². The van der Waals surface area contributed by atoms with Crippen molar-refractivity contribution in [3.63, 3.8) is 0 Å². The lowest BCUT2D eigenvalue weighted by molar-refractivity contribution is 0.108. The maximum absolute atomic E-state index is 9.46. The van der Waals surface area contributed by atoms with Gasteiger partial charge in [0.05, 0.1) is 17.6 Å². The average Bonchev–Trinajstić information content (AvgIpc) is 2.68. The van der Waals surface area contributed by atoms with Crippen LogP contribution in [0.4, 0.5) is 0 Å². The number of hydrogen-bond donors (Lipinski definition) is 2. The minimum atomic E-state index is 0.194. The minimum absolute atomic E-state index is 0.194. The van der Waals surface area contributed by atoms with E-state index in [0.717, 1.165) is 23.4 Å². The molecule has 0 fully saturated rings. The fourth-order valence-corrected chi connectivity index (χ4v) is 2.55. The first-order valence-corrected chi connectivity index (χ1v) is 6.77. The predicted octanol–water partition coefficient (Wildman–Crippen LogP) is 2.32. The second-order valence-corrected chi connectivity index (χ2v) is 5.58. The molecule has 1 heterocycles. The molecule has 0 spiro atoms. The third kappa shape index (κ3) is 3.14. The summed E-state index contributed by atoms with van der Waals surface area (Å²) in [5.74, 6) is 1.38. The van der Waals surface area contributed by atoms with Gasteiger partial charge >= 0.3 is 0 Å². The van der Waals surface area contributed by atoms with Crippen molar-refractivity contribution in [3.8, 4) is 0 Å². The van der Waals surface area contributed by atoms with E-state index >= 15 is 0 Å². The largest absolute Gasteiger partial charge is 0.395 e. The van der Waals surface area contributed by atoms with E-state index in [1.807, 2.05) is 13.0 Å². The highest BCUT2D eigenvalue weighted by atomic mass is 16.3. The number of aromatic nitrogens is 2. The molecular formula is C15H23N3O. The predicted molar refractivity (Wildman–Crippen MR) is 78.0 cm³/mol. The number of aryl methyl sites for hydroxylation is 1. The monoisotopic (exact) mass is 261 g/mol. The molecule has 4 heteroatoms. The Kier molecular flexibility index (Phi) is 4.22. The second kappa shape index (κ2) is 5.72. The molecule has 1 aromatic heterocycles. The molecule has 1 aromatic carbocycles. The topological polar surface area (TPSA) is 52.1 Å². The van der Waals surface area contributed by atoms with Gasteiger partial charge in [-0.15, -0.1) is 0 Å². The molecule has 0 aliphatic rings. The molecule has 0 radical (unpaired) electrons. The summed E-state index contributed by atoms with van der Waals surface area (Å²) in [5, 5.41) is 9.46. The molecule has 0 aliphatic carbocycles. The Bertz CT molecular complexity index is 547. The summed E-state index contributed by atoms with van der Waals surface area (Å²) in [6, 6.07) is 6.49. The molecule has 4 nitrogen and oxygen atoms in total. The standard InChI is InChI=1S/C15H23N3O/c1-10(2)15(9-19)18(4)8-12-5-6-13-14(7-12)17-11(3)16-13/h5-7,10,15,19H,8-9H2,1-4H3,(H,16,17). The van der Waals surface area contributed by atoms with Crippen LogP contribution >= 0.6 is 0 Å². The van der Waals surface area contributed by atoms with Crippen LogP contribution in [0.1, 0.15) is 25.2 Å². The lowest BCUT2D eigenvalue weighted by Gasteiger charge is -2.29. The summed E-state index contributed by atoms with van der Waals surface area (Å²) in [6.07, 6.45) is 0. The van der Waals surface area contributed by atoms with E-state index in [2.05, 4.69) is 47.9 Å². The Hall–Kier alpha value is -1.39. The number of imidazole rings is 1. The van der Waals surface area contributed by atoms with Crippen LogP contribution in [0.15, 0.2) is 18.2 Å². The van der Waals surface area contributed by atoms with E-state index in [1.54, 1.807) is 0 Å². The molecule has 1 atom stereocenters. The Morgan fingerprint density at radius 1 is 1.37 bits per heavy atom. The van der Waals surface area contributed by atoms with Gasteiger partial charge < -0.3 is 10.1 Å². The highest BCUT2D eigenvalue weighted by Gasteiger charge is 2.17. The summed E-state index contributed by atoms with van der Waals surface area (Å²) in [4.78, 5) is 9.87. The molecule has 2 rings (SSSR count). The van der Waals surface area contributed by atoms with Crippen molar-refractivity contribution < 1.29 is 5.11 Å². The van der Waals surface area contributed by atoms with Crippen molar-refractivity contribution in [2.24, 2.45) is 5.92 Å². The first-order chi connectivity index (χ1) is 9.01. The van der Waals surface area contributed by atoms with Crippen LogP contribution < -0.4 is 0 Å². The summed E-state index contributed by atoms with van der Waals surface area (Å²) in [7, 11) is 2.06. The van der Waals surface area contributed by atoms with E-state index in [9.17, 15) is 5.11 Å². The summed E-state index contributed by atoms with van der Waals surface area (Å²) >= 11 is 0. The molecule has 0 bridgehead atoms. The highest BCUT2D eigenvalue weighted by Crippen LogP contribution is 2.17. The Balaban J connectivity index is 2.16. The molecule has 1 unspecified atom stereocenters. The van der Waals surface area contributed by atoms with Gasteiger partial charge in [-0.3, -0.25) is 4.90 Å². The fourth-order valence-electron chi connectivity index (χ4n) is 2.55. The maximum Gasteiger partial charge on any atom is 0.104 e. The molecular weight excluding hydrogens is 238 g/mol. The number of hydrogen-bond acceptors (Lipinski definition) is 3. The van der Waals surface area contributed by atoms with E-state index in [1.165, 1.54) is 5.56 Å². The highest BCUT2D eigenvalue weighted by molar-refractivity contribution is 5.75. The molecule has 104 valence electrons. The van der Waals surface area contributed by atoms with Gasteiger partial charge in [0.15, 0.2) is 0 Å². The van der Waals surface area contributed by atoms with Crippen LogP contribution in [0.25, 0.3) is 11.0 Å². The summed E-state index contributed by atoms with van der Waals surface area (Å²) < 4.78 is 0. The number of fused-ring (bicyclic) bond motifs is 1. The average molecular weight is 261 g/mol. The fraction of sp³-hybridized carbons (Fsp3) is 0.533. The van der Waals surface area contributed by atoms with Crippen LogP contribution in [0.3, 0.4) is 0 Å². The summed E-state index contributed by atoms with van der Waals surface area (Å²) in [6.45, 7) is 7.26. The number of aromatic amines is 1. The first kappa shape index (κ1) is 14.0. The molecule has 0 aliphatic heterocycles. The third-order valence-electron chi connectivity index (χ3n) is 3.62. The molecule has 19 heavy (non-hydrogen) atoms. The summed E-state index contributed by atoms with van der Waals surface area (Å²) in [5.41, 5.74) is 3.32. The van der Waals surface area contributed by atoms with Crippen LogP contribution in [-0.4, -0.2) is 39.7 Å². The van der Waals surface area contributed by atoms with Gasteiger partial charge in [0.25, 0.3) is 0 Å². The van der Waals surface area contributed by atoms with Crippen LogP contribution in [0, 0.1) is 12.8 Å². The number of aliphatic hydroxyl groups excluding tert-OH is 1. The number of aliphatic hydroxyl groups is 1. The van der Waals surface area contributed by atoms with Crippen molar-refractivity contribution in [2.75, 3.05) is 13.7 Å². The number of nitrogens with zero attached hydrogens (tertiary/aromatic N) is 2. The number of benzene rings is 1. The van der Waals surface area contributed by atoms with Gasteiger partial charge in [-0.25, -0.2) is 4.98 Å². The maximum atomic E-state index is 9.46. The van der Waals surface area contributed by atoms with E-state index < -0.39 is 0 Å². The number of H-pyrrole nitrogens is 1. The van der Waals surface area contributed by atoms with Crippen molar-refractivity contribution in [3.05, 3.63) is 29.6 Å².